The van der Waals surface area contributed by atoms with Gasteiger partial charge in [-0.15, -0.1) is 0 Å². The predicted molar refractivity (Wildman–Crippen MR) is 57.7 cm³/mol. The van der Waals surface area contributed by atoms with Crippen molar-refractivity contribution in [1.82, 2.24) is 5.32 Å². The monoisotopic (exact) mass is 223 g/mol. The van der Waals surface area contributed by atoms with Gasteiger partial charge in [0, 0.05) is 6.04 Å². The third-order valence-electron chi connectivity index (χ3n) is 2.86. The number of hydrogen-bond acceptors (Lipinski definition) is 3. The average Bonchev–Trinajstić information content (AvgIpc) is 2.81. The molecule has 1 heterocycles. The number of ether oxygens (including phenoxy) is 1. The van der Waals surface area contributed by atoms with Crippen LogP contribution >= 0.6 is 0 Å². The number of methoxy groups -OCH3 is 1. The van der Waals surface area contributed by atoms with E-state index >= 15 is 0 Å². The minimum atomic E-state index is -0.636. The van der Waals surface area contributed by atoms with E-state index < -0.39 is 11.8 Å². The van der Waals surface area contributed by atoms with Crippen molar-refractivity contribution in [3.8, 4) is 0 Å². The van der Waals surface area contributed by atoms with Crippen LogP contribution < -0.4 is 5.32 Å². The molecule has 1 N–H and O–H groups in total. The third-order valence-corrected chi connectivity index (χ3v) is 2.86. The first kappa shape index (κ1) is 11.1. The largest absolute Gasteiger partial charge is 0.465 e. The second-order valence-electron chi connectivity index (χ2n) is 3.88. The molecule has 0 aromatic heterocycles. The zero-order chi connectivity index (χ0) is 11.5. The Morgan fingerprint density at radius 2 is 2.38 bits per heavy atom. The van der Waals surface area contributed by atoms with Crippen molar-refractivity contribution in [3.05, 3.63) is 35.1 Å². The van der Waals surface area contributed by atoms with Gasteiger partial charge in [0.05, 0.1) is 12.7 Å². The van der Waals surface area contributed by atoms with Gasteiger partial charge in [-0.25, -0.2) is 9.18 Å². The van der Waals surface area contributed by atoms with E-state index in [1.807, 2.05) is 0 Å². The molecule has 0 aliphatic carbocycles. The molecule has 1 aliphatic heterocycles. The summed E-state index contributed by atoms with van der Waals surface area (Å²) in [6.07, 6.45) is 2.11. The van der Waals surface area contributed by atoms with Crippen molar-refractivity contribution in [2.75, 3.05) is 13.7 Å². The Hall–Kier alpha value is -1.42. The van der Waals surface area contributed by atoms with Crippen LogP contribution in [0.2, 0.25) is 0 Å². The molecule has 0 bridgehead atoms. The van der Waals surface area contributed by atoms with Crippen molar-refractivity contribution in [2.24, 2.45) is 0 Å². The van der Waals surface area contributed by atoms with Crippen LogP contribution in [0.3, 0.4) is 0 Å². The van der Waals surface area contributed by atoms with E-state index in [1.54, 1.807) is 6.07 Å². The lowest BCUT2D eigenvalue weighted by atomic mass is 10.0. The van der Waals surface area contributed by atoms with Gasteiger partial charge in [-0.2, -0.15) is 0 Å². The predicted octanol–water partition coefficient (Wildman–Crippen LogP) is 2.04. The summed E-state index contributed by atoms with van der Waals surface area (Å²) in [5.41, 5.74) is 0.881. The van der Waals surface area contributed by atoms with Crippen LogP contribution in [-0.4, -0.2) is 19.6 Å². The quantitative estimate of drug-likeness (QED) is 0.780. The van der Waals surface area contributed by atoms with E-state index in [9.17, 15) is 9.18 Å². The number of esters is 1. The first-order chi connectivity index (χ1) is 7.72. The summed E-state index contributed by atoms with van der Waals surface area (Å²) >= 11 is 0. The zero-order valence-electron chi connectivity index (χ0n) is 9.13. The Bertz CT molecular complexity index is 400. The first-order valence-corrected chi connectivity index (χ1v) is 5.33. The Morgan fingerprint density at radius 3 is 2.94 bits per heavy atom. The van der Waals surface area contributed by atoms with Crippen LogP contribution in [0, 0.1) is 5.82 Å². The molecule has 1 saturated heterocycles. The van der Waals surface area contributed by atoms with E-state index in [0.29, 0.717) is 0 Å². The molecule has 3 nitrogen and oxygen atoms in total. The highest BCUT2D eigenvalue weighted by molar-refractivity contribution is 5.89. The van der Waals surface area contributed by atoms with E-state index in [-0.39, 0.29) is 11.6 Å². The molecule has 0 spiro atoms. The highest BCUT2D eigenvalue weighted by Gasteiger charge is 2.19. The highest BCUT2D eigenvalue weighted by Crippen LogP contribution is 2.24. The summed E-state index contributed by atoms with van der Waals surface area (Å²) in [5, 5.41) is 3.28. The van der Waals surface area contributed by atoms with Crippen molar-refractivity contribution >= 4 is 5.97 Å². The lowest BCUT2D eigenvalue weighted by Gasteiger charge is -2.11. The van der Waals surface area contributed by atoms with Crippen molar-refractivity contribution < 1.29 is 13.9 Å². The molecular formula is C12H14FNO2. The number of nitrogens with one attached hydrogen (secondary N) is 1. The Kier molecular flexibility index (Phi) is 3.19. The maximum atomic E-state index is 13.6. The van der Waals surface area contributed by atoms with E-state index in [4.69, 9.17) is 0 Å². The molecule has 1 aromatic carbocycles. The van der Waals surface area contributed by atoms with Gasteiger partial charge in [-0.1, -0.05) is 6.07 Å². The molecule has 2 rings (SSSR count). The maximum Gasteiger partial charge on any atom is 0.340 e. The normalized spacial score (nSPS) is 19.8. The second kappa shape index (κ2) is 4.61. The molecule has 1 aliphatic rings. The van der Waals surface area contributed by atoms with Crippen molar-refractivity contribution in [1.29, 1.82) is 0 Å². The van der Waals surface area contributed by atoms with Gasteiger partial charge < -0.3 is 10.1 Å². The molecule has 16 heavy (non-hydrogen) atoms. The summed E-state index contributed by atoms with van der Waals surface area (Å²) in [6, 6.07) is 4.88. The van der Waals surface area contributed by atoms with Crippen LogP contribution in [0.4, 0.5) is 4.39 Å². The topological polar surface area (TPSA) is 38.3 Å². The minimum Gasteiger partial charge on any atom is -0.465 e. The number of carbonyl (C=O) groups is 1. The Labute approximate surface area is 93.6 Å². The van der Waals surface area contributed by atoms with Gasteiger partial charge in [-0.3, -0.25) is 0 Å². The van der Waals surface area contributed by atoms with Crippen LogP contribution in [0.25, 0.3) is 0 Å². The second-order valence-corrected chi connectivity index (χ2v) is 3.88. The lowest BCUT2D eigenvalue weighted by Crippen LogP contribution is -2.14. The minimum absolute atomic E-state index is 0.00996. The van der Waals surface area contributed by atoms with Crippen molar-refractivity contribution in [3.63, 3.8) is 0 Å². The summed E-state index contributed by atoms with van der Waals surface area (Å²) in [5.74, 6) is -1.15. The molecule has 1 atom stereocenters. The molecule has 4 heteroatoms. The molecular weight excluding hydrogens is 209 g/mol. The molecule has 0 saturated carbocycles. The third kappa shape index (κ3) is 2.07. The zero-order valence-corrected chi connectivity index (χ0v) is 9.13. The fourth-order valence-corrected chi connectivity index (χ4v) is 1.99. The average molecular weight is 223 g/mol. The number of rotatable bonds is 2. The molecule has 0 amide bonds. The highest BCUT2D eigenvalue weighted by atomic mass is 19.1. The van der Waals surface area contributed by atoms with Crippen LogP contribution in [0.1, 0.15) is 34.8 Å². The van der Waals surface area contributed by atoms with E-state index in [0.717, 1.165) is 24.9 Å². The molecule has 0 unspecified atom stereocenters. The molecule has 1 aromatic rings. The van der Waals surface area contributed by atoms with Gasteiger partial charge in [0.15, 0.2) is 0 Å². The van der Waals surface area contributed by atoms with Gasteiger partial charge in [0.1, 0.15) is 5.82 Å². The SMILES string of the molecule is COC(=O)c1ccc([C@H]2CCCN2)cc1F. The Morgan fingerprint density at radius 1 is 1.56 bits per heavy atom. The molecule has 0 radical (unpaired) electrons. The molecule has 86 valence electrons. The first-order valence-electron chi connectivity index (χ1n) is 5.33. The number of hydrogen-bond donors (Lipinski definition) is 1. The van der Waals surface area contributed by atoms with Crippen LogP contribution in [0.5, 0.6) is 0 Å². The summed E-state index contributed by atoms with van der Waals surface area (Å²) < 4.78 is 18.1. The number of halogens is 1. The summed E-state index contributed by atoms with van der Waals surface area (Å²) in [4.78, 5) is 11.2. The molecule has 1 fully saturated rings. The van der Waals surface area contributed by atoms with Gasteiger partial charge in [0.25, 0.3) is 0 Å². The Balaban J connectivity index is 2.25. The van der Waals surface area contributed by atoms with Gasteiger partial charge in [0.2, 0.25) is 0 Å². The van der Waals surface area contributed by atoms with E-state index in [1.165, 1.54) is 19.2 Å². The lowest BCUT2D eigenvalue weighted by molar-refractivity contribution is 0.0595. The van der Waals surface area contributed by atoms with Gasteiger partial charge in [-0.05, 0) is 37.1 Å². The summed E-state index contributed by atoms with van der Waals surface area (Å²) in [7, 11) is 1.24. The van der Waals surface area contributed by atoms with Crippen LogP contribution in [-0.2, 0) is 4.74 Å². The van der Waals surface area contributed by atoms with Gasteiger partial charge >= 0.3 is 5.97 Å². The number of carbonyl (C=O) groups excluding carboxylic acids is 1. The summed E-state index contributed by atoms with van der Waals surface area (Å²) in [6.45, 7) is 0.963. The maximum absolute atomic E-state index is 13.6. The fraction of sp³-hybridized carbons (Fsp3) is 0.417. The van der Waals surface area contributed by atoms with Crippen LogP contribution in [0.15, 0.2) is 18.2 Å². The van der Waals surface area contributed by atoms with E-state index in [2.05, 4.69) is 10.1 Å². The van der Waals surface area contributed by atoms with Crippen molar-refractivity contribution in [2.45, 2.75) is 18.9 Å². The fourth-order valence-electron chi connectivity index (χ4n) is 1.99. The number of benzene rings is 1. The standard InChI is InChI=1S/C12H14FNO2/c1-16-12(15)9-5-4-8(7-10(9)13)11-3-2-6-14-11/h4-5,7,11,14H,2-3,6H2,1H3/t11-/m1/s1. The smallest absolute Gasteiger partial charge is 0.340 e.